The normalized spacial score (nSPS) is 29.6. The molecule has 0 radical (unpaired) electrons. The Morgan fingerprint density at radius 2 is 1.95 bits per heavy atom. The molecule has 2 aromatic rings. The molecule has 10 heteroatoms. The number of carbonyl (C=O) groups is 1. The molecule has 218 valence electrons. The van der Waals surface area contributed by atoms with Crippen LogP contribution in [0.2, 0.25) is 0 Å². The van der Waals surface area contributed by atoms with Crippen molar-refractivity contribution in [3.8, 4) is 5.75 Å². The number of fused-ring (bicyclic) bond motifs is 2. The lowest BCUT2D eigenvalue weighted by Gasteiger charge is -2.40. The van der Waals surface area contributed by atoms with Crippen LogP contribution in [-0.4, -0.2) is 87.0 Å². The standard InChI is InChI=1S/C30H44FN7O2/c1-5-18-13-27(39)22(31)14-21(18)19-6-7-20-23(12-19)34-35-28(20)29-32-24-15-26(36(4)16-25(24)33-29)30(40)38-10-8-37(9-11-38)17(2)3/h13-14,17,19-20,23,26,28,34-35,39H,5-12,15-16H2,1-4H3,(H,32,33). The number of benzene rings is 1. The summed E-state index contributed by atoms with van der Waals surface area (Å²) in [5.74, 6) is 0.999. The monoisotopic (exact) mass is 553 g/mol. The van der Waals surface area contributed by atoms with E-state index < -0.39 is 5.82 Å². The second-order valence-corrected chi connectivity index (χ2v) is 12.5. The van der Waals surface area contributed by atoms with Gasteiger partial charge in [0.15, 0.2) is 11.6 Å². The number of hydrazine groups is 1. The van der Waals surface area contributed by atoms with Crippen molar-refractivity contribution in [2.45, 2.75) is 89.5 Å². The van der Waals surface area contributed by atoms with E-state index in [1.807, 2.05) is 18.9 Å². The highest BCUT2D eigenvalue weighted by Gasteiger charge is 2.44. The average Bonchev–Trinajstić information content (AvgIpc) is 3.56. The van der Waals surface area contributed by atoms with Gasteiger partial charge in [-0.1, -0.05) is 6.92 Å². The van der Waals surface area contributed by atoms with E-state index in [2.05, 4.69) is 39.5 Å². The first-order valence-electron chi connectivity index (χ1n) is 15.1. The third-order valence-corrected chi connectivity index (χ3v) is 9.93. The number of likely N-dealkylation sites (N-methyl/N-ethyl adjacent to an activating group) is 1. The molecule has 1 amide bonds. The lowest BCUT2D eigenvalue weighted by atomic mass is 9.73. The molecule has 4 aliphatic rings. The predicted molar refractivity (Wildman–Crippen MR) is 151 cm³/mol. The molecule has 3 aliphatic heterocycles. The van der Waals surface area contributed by atoms with E-state index in [-0.39, 0.29) is 35.7 Å². The van der Waals surface area contributed by atoms with Crippen LogP contribution in [0, 0.1) is 11.7 Å². The molecule has 1 saturated carbocycles. The van der Waals surface area contributed by atoms with Gasteiger partial charge in [0.05, 0.1) is 23.5 Å². The van der Waals surface area contributed by atoms with E-state index in [0.29, 0.717) is 24.9 Å². The van der Waals surface area contributed by atoms with Crippen LogP contribution in [0.5, 0.6) is 5.75 Å². The Kier molecular flexibility index (Phi) is 7.63. The van der Waals surface area contributed by atoms with Gasteiger partial charge >= 0.3 is 0 Å². The van der Waals surface area contributed by atoms with Crippen molar-refractivity contribution < 1.29 is 14.3 Å². The molecule has 40 heavy (non-hydrogen) atoms. The number of hydrogen-bond acceptors (Lipinski definition) is 7. The van der Waals surface area contributed by atoms with Crippen molar-refractivity contribution in [2.24, 2.45) is 5.92 Å². The predicted octanol–water partition coefficient (Wildman–Crippen LogP) is 2.83. The van der Waals surface area contributed by atoms with Crippen molar-refractivity contribution in [2.75, 3.05) is 33.2 Å². The van der Waals surface area contributed by atoms with Crippen molar-refractivity contribution >= 4 is 5.91 Å². The third-order valence-electron chi connectivity index (χ3n) is 9.93. The van der Waals surface area contributed by atoms with Crippen LogP contribution in [-0.2, 0) is 24.2 Å². The van der Waals surface area contributed by atoms with Gasteiger partial charge in [-0.05, 0) is 81.7 Å². The van der Waals surface area contributed by atoms with Gasteiger partial charge in [-0.2, -0.15) is 0 Å². The molecule has 1 aromatic carbocycles. The summed E-state index contributed by atoms with van der Waals surface area (Å²) in [6.07, 6.45) is 4.29. The highest BCUT2D eigenvalue weighted by atomic mass is 19.1. The number of halogens is 1. The largest absolute Gasteiger partial charge is 0.505 e. The van der Waals surface area contributed by atoms with Crippen LogP contribution < -0.4 is 10.9 Å². The maximum absolute atomic E-state index is 14.3. The number of phenols is 1. The smallest absolute Gasteiger partial charge is 0.240 e. The number of nitrogens with one attached hydrogen (secondary N) is 3. The van der Waals surface area contributed by atoms with Crippen LogP contribution >= 0.6 is 0 Å². The van der Waals surface area contributed by atoms with Gasteiger partial charge < -0.3 is 15.0 Å². The Morgan fingerprint density at radius 3 is 2.67 bits per heavy atom. The van der Waals surface area contributed by atoms with Gasteiger partial charge in [-0.3, -0.25) is 20.0 Å². The van der Waals surface area contributed by atoms with E-state index in [0.717, 1.165) is 80.2 Å². The Labute approximate surface area is 236 Å². The Bertz CT molecular complexity index is 1240. The number of carbonyl (C=O) groups excluding carboxylic acids is 1. The molecule has 4 N–H and O–H groups in total. The van der Waals surface area contributed by atoms with E-state index in [4.69, 9.17) is 4.98 Å². The second-order valence-electron chi connectivity index (χ2n) is 12.5. The number of phenolic OH excluding ortho intramolecular Hbond substituents is 1. The van der Waals surface area contributed by atoms with E-state index in [1.54, 1.807) is 6.07 Å². The van der Waals surface area contributed by atoms with Crippen molar-refractivity contribution in [1.29, 1.82) is 0 Å². The molecule has 2 saturated heterocycles. The van der Waals surface area contributed by atoms with Gasteiger partial charge in [0.2, 0.25) is 5.91 Å². The number of piperazine rings is 1. The molecule has 1 aromatic heterocycles. The number of rotatable bonds is 5. The van der Waals surface area contributed by atoms with Gasteiger partial charge in [0.25, 0.3) is 0 Å². The first kappa shape index (κ1) is 27.6. The van der Waals surface area contributed by atoms with Gasteiger partial charge in [-0.15, -0.1) is 0 Å². The summed E-state index contributed by atoms with van der Waals surface area (Å²) in [7, 11) is 2.04. The fourth-order valence-corrected chi connectivity index (χ4v) is 7.48. The van der Waals surface area contributed by atoms with E-state index in [1.165, 1.54) is 6.07 Å². The first-order valence-corrected chi connectivity index (χ1v) is 15.1. The van der Waals surface area contributed by atoms with Gasteiger partial charge in [0, 0.05) is 51.2 Å². The Balaban J connectivity index is 1.12. The summed E-state index contributed by atoms with van der Waals surface area (Å²) in [5, 5.41) is 9.86. The summed E-state index contributed by atoms with van der Waals surface area (Å²) in [6.45, 7) is 10.6. The molecule has 5 atom stereocenters. The lowest BCUT2D eigenvalue weighted by molar-refractivity contribution is -0.139. The van der Waals surface area contributed by atoms with Gasteiger partial charge in [-0.25, -0.2) is 14.8 Å². The fourth-order valence-electron chi connectivity index (χ4n) is 7.48. The number of aromatic amines is 1. The van der Waals surface area contributed by atoms with Crippen LogP contribution in [0.15, 0.2) is 12.1 Å². The number of nitrogens with zero attached hydrogens (tertiary/aromatic N) is 4. The van der Waals surface area contributed by atoms with Crippen LogP contribution in [0.4, 0.5) is 4.39 Å². The lowest BCUT2D eigenvalue weighted by Crippen LogP contribution is -2.56. The molecular weight excluding hydrogens is 509 g/mol. The molecule has 9 nitrogen and oxygen atoms in total. The minimum Gasteiger partial charge on any atom is -0.505 e. The summed E-state index contributed by atoms with van der Waals surface area (Å²) >= 11 is 0. The Morgan fingerprint density at radius 1 is 1.18 bits per heavy atom. The quantitative estimate of drug-likeness (QED) is 0.452. The fraction of sp³-hybridized carbons (Fsp3) is 0.667. The Hall–Kier alpha value is -2.53. The number of imidazole rings is 1. The molecule has 0 bridgehead atoms. The summed E-state index contributed by atoms with van der Waals surface area (Å²) in [5.41, 5.74) is 11.2. The first-order chi connectivity index (χ1) is 19.2. The van der Waals surface area contributed by atoms with Crippen molar-refractivity contribution in [1.82, 2.24) is 35.5 Å². The molecule has 5 unspecified atom stereocenters. The maximum atomic E-state index is 14.3. The molecule has 3 fully saturated rings. The zero-order chi connectivity index (χ0) is 28.1. The van der Waals surface area contributed by atoms with Crippen LogP contribution in [0.1, 0.15) is 80.3 Å². The van der Waals surface area contributed by atoms with E-state index >= 15 is 0 Å². The van der Waals surface area contributed by atoms with Gasteiger partial charge in [0.1, 0.15) is 5.82 Å². The number of amides is 1. The molecule has 0 spiro atoms. The zero-order valence-corrected chi connectivity index (χ0v) is 24.2. The molecule has 6 rings (SSSR count). The topological polar surface area (TPSA) is 99.8 Å². The summed E-state index contributed by atoms with van der Waals surface area (Å²) < 4.78 is 14.3. The molecule has 4 heterocycles. The highest BCUT2D eigenvalue weighted by molar-refractivity contribution is 5.82. The minimum absolute atomic E-state index is 0.0716. The number of aromatic nitrogens is 2. The zero-order valence-electron chi connectivity index (χ0n) is 24.2. The SMILES string of the molecule is CCc1cc(O)c(F)cc1C1CCC2C(C1)NNC2c1nc2c([nH]1)CN(C)C(C(=O)N1CCN(C(C)C)CC1)C2. The number of hydrogen-bond donors (Lipinski definition) is 4. The summed E-state index contributed by atoms with van der Waals surface area (Å²) in [4.78, 5) is 28.8. The molecular formula is C30H44FN7O2. The molecule has 1 aliphatic carbocycles. The summed E-state index contributed by atoms with van der Waals surface area (Å²) in [6, 6.07) is 3.80. The van der Waals surface area contributed by atoms with E-state index in [9.17, 15) is 14.3 Å². The highest BCUT2D eigenvalue weighted by Crippen LogP contribution is 2.44. The van der Waals surface area contributed by atoms with Crippen molar-refractivity contribution in [3.05, 3.63) is 46.3 Å². The number of H-pyrrole nitrogens is 1. The van der Waals surface area contributed by atoms with Crippen molar-refractivity contribution in [3.63, 3.8) is 0 Å². The minimum atomic E-state index is -0.537. The third kappa shape index (κ3) is 5.04. The average molecular weight is 554 g/mol. The van der Waals surface area contributed by atoms with Crippen LogP contribution in [0.3, 0.4) is 0 Å². The second kappa shape index (κ2) is 11.0. The van der Waals surface area contributed by atoms with Crippen LogP contribution in [0.25, 0.3) is 0 Å². The maximum Gasteiger partial charge on any atom is 0.240 e. The number of aryl methyl sites for hydroxylation is 1. The number of aromatic hydroxyl groups is 1.